The topological polar surface area (TPSA) is 49.9 Å². The number of rotatable bonds is 7. The van der Waals surface area contributed by atoms with Crippen LogP contribution >= 0.6 is 0 Å². The molecule has 1 aliphatic heterocycles. The number of hydrogen-bond acceptors (Lipinski definition) is 3. The van der Waals surface area contributed by atoms with Crippen molar-refractivity contribution in [1.82, 2.24) is 4.90 Å². The molecule has 0 aliphatic carbocycles. The van der Waals surface area contributed by atoms with Crippen LogP contribution in [0.4, 0.5) is 10.1 Å². The molecule has 0 bridgehead atoms. The van der Waals surface area contributed by atoms with Crippen molar-refractivity contribution in [3.8, 4) is 5.75 Å². The quantitative estimate of drug-likeness (QED) is 0.751. The van der Waals surface area contributed by atoms with E-state index in [1.165, 1.54) is 12.1 Å². The van der Waals surface area contributed by atoms with Crippen LogP contribution in [-0.4, -0.2) is 36.4 Å². The molecule has 2 aromatic carbocycles. The molecule has 5 nitrogen and oxygen atoms in total. The number of likely N-dealkylation sites (N-methyl/N-ethyl adjacent to an activating group) is 1. The molecule has 0 unspecified atom stereocenters. The summed E-state index contributed by atoms with van der Waals surface area (Å²) in [5, 5.41) is 0. The van der Waals surface area contributed by atoms with Gasteiger partial charge in [0.1, 0.15) is 11.6 Å². The molecule has 0 atom stereocenters. The fourth-order valence-corrected chi connectivity index (χ4v) is 3.13. The number of carbonyl (C=O) groups excluding carboxylic acids is 2. The summed E-state index contributed by atoms with van der Waals surface area (Å²) >= 11 is 0. The van der Waals surface area contributed by atoms with Crippen molar-refractivity contribution in [3.05, 3.63) is 59.9 Å². The summed E-state index contributed by atoms with van der Waals surface area (Å²) < 4.78 is 19.0. The van der Waals surface area contributed by atoms with E-state index in [1.54, 1.807) is 34.1 Å². The van der Waals surface area contributed by atoms with Gasteiger partial charge in [0.15, 0.2) is 6.61 Å². The molecule has 1 aliphatic rings. The van der Waals surface area contributed by atoms with E-state index in [0.29, 0.717) is 31.8 Å². The second kappa shape index (κ2) is 8.66. The molecule has 0 spiro atoms. The van der Waals surface area contributed by atoms with Gasteiger partial charge < -0.3 is 14.5 Å². The van der Waals surface area contributed by atoms with Crippen LogP contribution in [0.1, 0.15) is 25.3 Å². The van der Waals surface area contributed by atoms with E-state index in [9.17, 15) is 14.0 Å². The van der Waals surface area contributed by atoms with E-state index in [1.807, 2.05) is 19.1 Å². The van der Waals surface area contributed by atoms with Crippen LogP contribution < -0.4 is 9.64 Å². The number of anilines is 1. The predicted octanol–water partition coefficient (Wildman–Crippen LogP) is 3.38. The number of halogens is 1. The average molecular weight is 370 g/mol. The van der Waals surface area contributed by atoms with Crippen LogP contribution in [0.3, 0.4) is 0 Å². The van der Waals surface area contributed by atoms with Gasteiger partial charge in [-0.15, -0.1) is 0 Å². The number of amides is 2. The van der Waals surface area contributed by atoms with Gasteiger partial charge in [-0.25, -0.2) is 4.39 Å². The molecule has 6 heteroatoms. The highest BCUT2D eigenvalue weighted by molar-refractivity contribution is 5.95. The lowest BCUT2D eigenvalue weighted by molar-refractivity contribution is -0.133. The number of nitrogens with zero attached hydrogens (tertiary/aromatic N) is 2. The molecule has 27 heavy (non-hydrogen) atoms. The summed E-state index contributed by atoms with van der Waals surface area (Å²) in [7, 11) is 0. The smallest absolute Gasteiger partial charge is 0.260 e. The molecule has 1 fully saturated rings. The summed E-state index contributed by atoms with van der Waals surface area (Å²) in [6.07, 6.45) is 1.42. The zero-order chi connectivity index (χ0) is 19.2. The lowest BCUT2D eigenvalue weighted by Crippen LogP contribution is -2.34. The highest BCUT2D eigenvalue weighted by atomic mass is 19.1. The Morgan fingerprint density at radius 1 is 1.22 bits per heavy atom. The number of benzene rings is 2. The average Bonchev–Trinajstić information content (AvgIpc) is 3.10. The van der Waals surface area contributed by atoms with Gasteiger partial charge >= 0.3 is 0 Å². The van der Waals surface area contributed by atoms with Gasteiger partial charge in [-0.1, -0.05) is 18.2 Å². The Balaban J connectivity index is 1.60. The summed E-state index contributed by atoms with van der Waals surface area (Å²) in [4.78, 5) is 27.7. The minimum atomic E-state index is -0.319. The Labute approximate surface area is 158 Å². The second-order valence-corrected chi connectivity index (χ2v) is 6.47. The molecule has 0 radical (unpaired) electrons. The summed E-state index contributed by atoms with van der Waals surface area (Å²) in [6, 6.07) is 13.4. The zero-order valence-electron chi connectivity index (χ0n) is 15.4. The first-order valence-electron chi connectivity index (χ1n) is 9.12. The lowest BCUT2D eigenvalue weighted by atomic mass is 10.2. The Hall–Kier alpha value is -2.89. The van der Waals surface area contributed by atoms with E-state index in [2.05, 4.69) is 0 Å². The van der Waals surface area contributed by atoms with Gasteiger partial charge in [-0.05, 0) is 43.2 Å². The van der Waals surface area contributed by atoms with Crippen molar-refractivity contribution in [2.45, 2.75) is 26.3 Å². The van der Waals surface area contributed by atoms with E-state index >= 15 is 0 Å². The molecule has 1 heterocycles. The lowest BCUT2D eigenvalue weighted by Gasteiger charge is -2.21. The van der Waals surface area contributed by atoms with Gasteiger partial charge in [0, 0.05) is 37.8 Å². The maximum absolute atomic E-state index is 13.3. The molecule has 2 amide bonds. The Kier molecular flexibility index (Phi) is 6.06. The van der Waals surface area contributed by atoms with Crippen LogP contribution in [0.15, 0.2) is 48.5 Å². The minimum absolute atomic E-state index is 0.107. The van der Waals surface area contributed by atoms with Crippen LogP contribution in [0.5, 0.6) is 5.75 Å². The monoisotopic (exact) mass is 370 g/mol. The fraction of sp³-hybridized carbons (Fsp3) is 0.333. The van der Waals surface area contributed by atoms with Crippen LogP contribution in [-0.2, 0) is 16.1 Å². The maximum Gasteiger partial charge on any atom is 0.260 e. The molecular weight excluding hydrogens is 347 g/mol. The van der Waals surface area contributed by atoms with Crippen LogP contribution in [0.25, 0.3) is 0 Å². The standard InChI is InChI=1S/C21H23FN2O3/c1-2-23(14-16-6-3-7-17(22)12-16)21(26)15-27-19-9-4-8-18(13-19)24-11-5-10-20(24)25/h3-4,6-9,12-13H,2,5,10-11,14-15H2,1H3. The first-order valence-corrected chi connectivity index (χ1v) is 9.12. The third kappa shape index (κ3) is 4.84. The van der Waals surface area contributed by atoms with E-state index < -0.39 is 0 Å². The van der Waals surface area contributed by atoms with Gasteiger partial charge in [0.05, 0.1) is 0 Å². The van der Waals surface area contributed by atoms with E-state index in [0.717, 1.165) is 17.7 Å². The van der Waals surface area contributed by atoms with Crippen LogP contribution in [0, 0.1) is 5.82 Å². The van der Waals surface area contributed by atoms with Gasteiger partial charge in [0.25, 0.3) is 5.91 Å². The molecule has 0 aromatic heterocycles. The number of carbonyl (C=O) groups is 2. The van der Waals surface area contributed by atoms with Crippen molar-refractivity contribution in [3.63, 3.8) is 0 Å². The zero-order valence-corrected chi connectivity index (χ0v) is 15.4. The molecule has 1 saturated heterocycles. The van der Waals surface area contributed by atoms with E-state index in [4.69, 9.17) is 4.74 Å². The molecule has 0 N–H and O–H groups in total. The van der Waals surface area contributed by atoms with Gasteiger partial charge in [-0.3, -0.25) is 9.59 Å². The molecule has 3 rings (SSSR count). The van der Waals surface area contributed by atoms with Gasteiger partial charge in [0.2, 0.25) is 5.91 Å². The van der Waals surface area contributed by atoms with Crippen molar-refractivity contribution < 1.29 is 18.7 Å². The second-order valence-electron chi connectivity index (χ2n) is 6.47. The minimum Gasteiger partial charge on any atom is -0.484 e. The normalized spacial score (nSPS) is 13.7. The first kappa shape index (κ1) is 18.9. The molecular formula is C21H23FN2O3. The van der Waals surface area contributed by atoms with Crippen molar-refractivity contribution in [1.29, 1.82) is 0 Å². The number of ether oxygens (including phenoxy) is 1. The maximum atomic E-state index is 13.3. The summed E-state index contributed by atoms with van der Waals surface area (Å²) in [6.45, 7) is 3.30. The fourth-order valence-electron chi connectivity index (χ4n) is 3.13. The third-order valence-corrected chi connectivity index (χ3v) is 4.56. The highest BCUT2D eigenvalue weighted by Gasteiger charge is 2.22. The Morgan fingerprint density at radius 3 is 2.74 bits per heavy atom. The largest absolute Gasteiger partial charge is 0.484 e. The Morgan fingerprint density at radius 2 is 2.04 bits per heavy atom. The summed E-state index contributed by atoms with van der Waals surface area (Å²) in [5.41, 5.74) is 1.52. The molecule has 0 saturated carbocycles. The SMILES string of the molecule is CCN(Cc1cccc(F)c1)C(=O)COc1cccc(N2CCCC2=O)c1. The highest BCUT2D eigenvalue weighted by Crippen LogP contribution is 2.25. The molecule has 2 aromatic rings. The Bertz CT molecular complexity index is 825. The van der Waals surface area contributed by atoms with Gasteiger partial charge in [-0.2, -0.15) is 0 Å². The molecule has 142 valence electrons. The third-order valence-electron chi connectivity index (χ3n) is 4.56. The van der Waals surface area contributed by atoms with Crippen molar-refractivity contribution in [2.75, 3.05) is 24.6 Å². The number of hydrogen-bond donors (Lipinski definition) is 0. The van der Waals surface area contributed by atoms with Crippen molar-refractivity contribution >= 4 is 17.5 Å². The van der Waals surface area contributed by atoms with Crippen LogP contribution in [0.2, 0.25) is 0 Å². The van der Waals surface area contributed by atoms with E-state index in [-0.39, 0.29) is 24.2 Å². The first-order chi connectivity index (χ1) is 13.1. The predicted molar refractivity (Wildman–Crippen MR) is 101 cm³/mol. The summed E-state index contributed by atoms with van der Waals surface area (Å²) in [5.74, 6) is 0.155. The van der Waals surface area contributed by atoms with Crippen molar-refractivity contribution in [2.24, 2.45) is 0 Å².